The van der Waals surface area contributed by atoms with E-state index in [-0.39, 0.29) is 11.8 Å². The number of amides is 2. The molecule has 0 atom stereocenters. The van der Waals surface area contributed by atoms with Crippen molar-refractivity contribution in [1.29, 1.82) is 0 Å². The van der Waals surface area contributed by atoms with E-state index < -0.39 is 0 Å². The fraction of sp³-hybridized carbons (Fsp3) is 0.167. The highest BCUT2D eigenvalue weighted by molar-refractivity contribution is 6.35. The molecule has 0 saturated heterocycles. The molecule has 3 N–H and O–H groups in total. The molecule has 1 aliphatic heterocycles. The number of aromatic amines is 1. The summed E-state index contributed by atoms with van der Waals surface area (Å²) in [5.41, 5.74) is 7.01. The van der Waals surface area contributed by atoms with Crippen molar-refractivity contribution in [3.05, 3.63) is 82.7 Å². The van der Waals surface area contributed by atoms with Gasteiger partial charge in [-0.25, -0.2) is 0 Å². The lowest BCUT2D eigenvalue weighted by Crippen LogP contribution is -2.11. The summed E-state index contributed by atoms with van der Waals surface area (Å²) in [6.07, 6.45) is 8.40. The van der Waals surface area contributed by atoms with Gasteiger partial charge in [-0.3, -0.25) is 9.59 Å². The number of benzene rings is 2. The Morgan fingerprint density at radius 2 is 1.86 bits per heavy atom. The summed E-state index contributed by atoms with van der Waals surface area (Å²) in [6.45, 7) is 0. The summed E-state index contributed by atoms with van der Waals surface area (Å²) >= 11 is 0. The van der Waals surface area contributed by atoms with Gasteiger partial charge in [0.1, 0.15) is 0 Å². The van der Waals surface area contributed by atoms with Gasteiger partial charge in [-0.1, -0.05) is 18.2 Å². The van der Waals surface area contributed by atoms with Crippen molar-refractivity contribution in [2.24, 2.45) is 0 Å². The number of hydrogen-bond donors (Lipinski definition) is 3. The third-order valence-electron chi connectivity index (χ3n) is 5.61. The number of carbonyl (C=O) groups is 2. The fourth-order valence-corrected chi connectivity index (χ4v) is 4.12. The Morgan fingerprint density at radius 1 is 1.03 bits per heavy atom. The number of fused-ring (bicyclic) bond motifs is 2. The molecule has 1 aliphatic carbocycles. The normalized spacial score (nSPS) is 16.3. The van der Waals surface area contributed by atoms with Gasteiger partial charge in [-0.2, -0.15) is 0 Å². The lowest BCUT2D eigenvalue weighted by Gasteiger charge is -2.11. The minimum Gasteiger partial charge on any atom is -0.364 e. The van der Waals surface area contributed by atoms with E-state index >= 15 is 0 Å². The van der Waals surface area contributed by atoms with E-state index in [0.29, 0.717) is 11.1 Å². The smallest absolute Gasteiger partial charge is 0.256 e. The largest absolute Gasteiger partial charge is 0.364 e. The zero-order chi connectivity index (χ0) is 19.8. The van der Waals surface area contributed by atoms with Crippen molar-refractivity contribution in [3.63, 3.8) is 0 Å². The number of rotatable bonds is 3. The van der Waals surface area contributed by atoms with Gasteiger partial charge in [0.15, 0.2) is 0 Å². The third-order valence-corrected chi connectivity index (χ3v) is 5.61. The standard InChI is InChI=1S/C24H21N3O2/c28-23(26-17-6-2-1-3-7-17)15-10-11-22-19(12-15)20(24(29)27-22)13-16-14-25-21-9-5-4-8-18(16)21/h1-3,6-7,10-14,25H,4-5,8-9H2,(H,26,28)(H,27,29). The van der Waals surface area contributed by atoms with Gasteiger partial charge in [0.2, 0.25) is 0 Å². The van der Waals surface area contributed by atoms with Crippen molar-refractivity contribution in [2.45, 2.75) is 25.7 Å². The molecule has 5 heteroatoms. The first-order chi connectivity index (χ1) is 14.2. The quantitative estimate of drug-likeness (QED) is 0.577. The van der Waals surface area contributed by atoms with Crippen LogP contribution in [0.3, 0.4) is 0 Å². The van der Waals surface area contributed by atoms with Crippen LogP contribution in [0.2, 0.25) is 0 Å². The van der Waals surface area contributed by atoms with Crippen molar-refractivity contribution >= 4 is 34.8 Å². The minimum absolute atomic E-state index is 0.133. The van der Waals surface area contributed by atoms with E-state index in [1.54, 1.807) is 18.2 Å². The molecule has 3 aromatic rings. The van der Waals surface area contributed by atoms with Gasteiger partial charge in [-0.15, -0.1) is 0 Å². The summed E-state index contributed by atoms with van der Waals surface area (Å²) in [5, 5.41) is 5.80. The first kappa shape index (κ1) is 17.5. The molecule has 5 rings (SSSR count). The molecule has 2 aromatic carbocycles. The summed E-state index contributed by atoms with van der Waals surface area (Å²) in [7, 11) is 0. The molecule has 0 radical (unpaired) electrons. The fourth-order valence-electron chi connectivity index (χ4n) is 4.12. The Labute approximate surface area is 168 Å². The highest BCUT2D eigenvalue weighted by Gasteiger charge is 2.26. The van der Waals surface area contributed by atoms with Gasteiger partial charge in [0, 0.05) is 40.0 Å². The van der Waals surface area contributed by atoms with E-state index in [2.05, 4.69) is 15.6 Å². The van der Waals surface area contributed by atoms with Gasteiger partial charge >= 0.3 is 0 Å². The molecule has 0 fully saturated rings. The van der Waals surface area contributed by atoms with Crippen LogP contribution in [0.4, 0.5) is 11.4 Å². The zero-order valence-electron chi connectivity index (χ0n) is 15.9. The first-order valence-electron chi connectivity index (χ1n) is 9.92. The predicted octanol–water partition coefficient (Wildman–Crippen LogP) is 4.64. The summed E-state index contributed by atoms with van der Waals surface area (Å²) < 4.78 is 0. The Kier molecular flexibility index (Phi) is 4.28. The van der Waals surface area contributed by atoms with Crippen LogP contribution in [-0.2, 0) is 17.6 Å². The molecule has 1 aromatic heterocycles. The lowest BCUT2D eigenvalue weighted by atomic mass is 9.93. The number of hydrogen-bond acceptors (Lipinski definition) is 2. The zero-order valence-corrected chi connectivity index (χ0v) is 15.9. The number of aromatic nitrogens is 1. The second-order valence-electron chi connectivity index (χ2n) is 7.50. The Balaban J connectivity index is 1.48. The van der Waals surface area contributed by atoms with Crippen LogP contribution in [0.1, 0.15) is 45.6 Å². The average Bonchev–Trinajstić information content (AvgIpc) is 3.29. The maximum atomic E-state index is 12.7. The number of carbonyl (C=O) groups excluding carboxylic acids is 2. The van der Waals surface area contributed by atoms with Crippen LogP contribution < -0.4 is 10.6 Å². The van der Waals surface area contributed by atoms with Crippen LogP contribution in [-0.4, -0.2) is 16.8 Å². The minimum atomic E-state index is -0.197. The molecule has 144 valence electrons. The lowest BCUT2D eigenvalue weighted by molar-refractivity contribution is -0.110. The van der Waals surface area contributed by atoms with Crippen LogP contribution in [0.15, 0.2) is 54.7 Å². The summed E-state index contributed by atoms with van der Waals surface area (Å²) in [6, 6.07) is 14.7. The van der Waals surface area contributed by atoms with Gasteiger partial charge in [0.05, 0.1) is 0 Å². The average molecular weight is 383 g/mol. The summed E-state index contributed by atoms with van der Waals surface area (Å²) in [4.78, 5) is 28.6. The number of aryl methyl sites for hydroxylation is 1. The maximum absolute atomic E-state index is 12.7. The second-order valence-corrected chi connectivity index (χ2v) is 7.50. The van der Waals surface area contributed by atoms with Gasteiger partial charge in [-0.05, 0) is 73.2 Å². The molecule has 0 bridgehead atoms. The van der Waals surface area contributed by atoms with Crippen LogP contribution in [0, 0.1) is 0 Å². The van der Waals surface area contributed by atoms with E-state index in [4.69, 9.17) is 0 Å². The second kappa shape index (κ2) is 7.09. The molecular formula is C24H21N3O2. The first-order valence-corrected chi connectivity index (χ1v) is 9.92. The third kappa shape index (κ3) is 3.25. The van der Waals surface area contributed by atoms with Crippen molar-refractivity contribution in [1.82, 2.24) is 4.98 Å². The van der Waals surface area contributed by atoms with E-state index in [0.717, 1.165) is 35.3 Å². The molecule has 0 unspecified atom stereocenters. The number of anilines is 2. The van der Waals surface area contributed by atoms with Crippen LogP contribution in [0.5, 0.6) is 0 Å². The van der Waals surface area contributed by atoms with Crippen LogP contribution >= 0.6 is 0 Å². The molecule has 29 heavy (non-hydrogen) atoms. The molecule has 0 saturated carbocycles. The summed E-state index contributed by atoms with van der Waals surface area (Å²) in [5.74, 6) is -0.330. The number of H-pyrrole nitrogens is 1. The predicted molar refractivity (Wildman–Crippen MR) is 115 cm³/mol. The van der Waals surface area contributed by atoms with Gasteiger partial charge in [0.25, 0.3) is 11.8 Å². The SMILES string of the molecule is O=C1Nc2ccc(C(=O)Nc3ccccc3)cc2C1=Cc1c[nH]c2c1CCCC2. The van der Waals surface area contributed by atoms with E-state index in [9.17, 15) is 9.59 Å². The van der Waals surface area contributed by atoms with Gasteiger partial charge < -0.3 is 15.6 Å². The molecule has 5 nitrogen and oxygen atoms in total. The number of nitrogens with one attached hydrogen (secondary N) is 3. The van der Waals surface area contributed by atoms with Crippen LogP contribution in [0.25, 0.3) is 11.6 Å². The van der Waals surface area contributed by atoms with Crippen molar-refractivity contribution in [3.8, 4) is 0 Å². The maximum Gasteiger partial charge on any atom is 0.256 e. The Bertz CT molecular complexity index is 1140. The van der Waals surface area contributed by atoms with E-state index in [1.807, 2.05) is 42.6 Å². The van der Waals surface area contributed by atoms with E-state index in [1.165, 1.54) is 24.1 Å². The van der Waals surface area contributed by atoms with Crippen molar-refractivity contribution < 1.29 is 9.59 Å². The topological polar surface area (TPSA) is 74.0 Å². The molecule has 2 heterocycles. The monoisotopic (exact) mass is 383 g/mol. The van der Waals surface area contributed by atoms with Crippen molar-refractivity contribution in [2.75, 3.05) is 10.6 Å². The molecule has 0 spiro atoms. The highest BCUT2D eigenvalue weighted by atomic mass is 16.2. The molecule has 2 aliphatic rings. The molecular weight excluding hydrogens is 362 g/mol. The molecule has 2 amide bonds. The highest BCUT2D eigenvalue weighted by Crippen LogP contribution is 2.35. The Hall–Kier alpha value is -3.60. The number of para-hydroxylation sites is 1. The Morgan fingerprint density at radius 3 is 2.72 bits per heavy atom.